The number of epoxide rings is 1. The highest BCUT2D eigenvalue weighted by molar-refractivity contribution is 5.84. The van der Waals surface area contributed by atoms with E-state index in [2.05, 4.69) is 5.16 Å². The quantitative estimate of drug-likeness (QED) is 0.377. The first-order chi connectivity index (χ1) is 8.13. The molecule has 1 saturated heterocycles. The Morgan fingerprint density at radius 2 is 2.18 bits per heavy atom. The molecular formula is C13H17NO3. The van der Waals surface area contributed by atoms with Crippen LogP contribution in [0.15, 0.2) is 11.2 Å². The van der Waals surface area contributed by atoms with Crippen molar-refractivity contribution in [2.75, 3.05) is 13.2 Å². The number of rotatable bonds is 4. The summed E-state index contributed by atoms with van der Waals surface area (Å²) >= 11 is 0. The summed E-state index contributed by atoms with van der Waals surface area (Å²) in [6, 6.07) is 2.03. The van der Waals surface area contributed by atoms with Crippen molar-refractivity contribution in [1.29, 1.82) is 0 Å². The van der Waals surface area contributed by atoms with Crippen LogP contribution >= 0.6 is 0 Å². The lowest BCUT2D eigenvalue weighted by Gasteiger charge is -2.15. The lowest BCUT2D eigenvalue weighted by Crippen LogP contribution is -2.08. The van der Waals surface area contributed by atoms with Gasteiger partial charge in [0.05, 0.1) is 12.8 Å². The van der Waals surface area contributed by atoms with Crippen molar-refractivity contribution in [2.24, 2.45) is 5.16 Å². The smallest absolute Gasteiger partial charge is 0.125 e. The Bertz CT molecular complexity index is 450. The van der Waals surface area contributed by atoms with Gasteiger partial charge in [-0.25, -0.2) is 0 Å². The standard InChI is InChI=1S/C13H17NO3/c1-8-4-9(2)13(17-7-11-6-16-11)10(3)12(8)5-14-15/h4-5,11,15H,6-7H2,1-3H3. The molecule has 1 aromatic rings. The Hall–Kier alpha value is -1.55. The Labute approximate surface area is 101 Å². The zero-order valence-corrected chi connectivity index (χ0v) is 10.4. The van der Waals surface area contributed by atoms with E-state index >= 15 is 0 Å². The summed E-state index contributed by atoms with van der Waals surface area (Å²) in [5.74, 6) is 0.862. The van der Waals surface area contributed by atoms with Crippen molar-refractivity contribution in [3.63, 3.8) is 0 Å². The summed E-state index contributed by atoms with van der Waals surface area (Å²) in [4.78, 5) is 0. The Balaban J connectivity index is 2.31. The normalized spacial score (nSPS) is 18.6. The minimum Gasteiger partial charge on any atom is -0.490 e. The second-order valence-corrected chi connectivity index (χ2v) is 4.39. The van der Waals surface area contributed by atoms with E-state index in [9.17, 15) is 0 Å². The molecule has 1 heterocycles. The van der Waals surface area contributed by atoms with E-state index < -0.39 is 0 Å². The molecule has 0 bridgehead atoms. The second kappa shape index (κ2) is 4.75. The van der Waals surface area contributed by atoms with Crippen LogP contribution in [0, 0.1) is 20.8 Å². The first kappa shape index (κ1) is 11.9. The fourth-order valence-electron chi connectivity index (χ4n) is 2.00. The molecular weight excluding hydrogens is 218 g/mol. The number of oxime groups is 1. The van der Waals surface area contributed by atoms with Crippen molar-refractivity contribution < 1.29 is 14.7 Å². The van der Waals surface area contributed by atoms with Crippen molar-refractivity contribution in [2.45, 2.75) is 26.9 Å². The van der Waals surface area contributed by atoms with Gasteiger partial charge in [0.1, 0.15) is 18.5 Å². The highest BCUT2D eigenvalue weighted by Gasteiger charge is 2.24. The number of benzene rings is 1. The van der Waals surface area contributed by atoms with Crippen LogP contribution in [-0.2, 0) is 4.74 Å². The molecule has 1 aromatic carbocycles. The van der Waals surface area contributed by atoms with E-state index in [4.69, 9.17) is 14.7 Å². The first-order valence-electron chi connectivity index (χ1n) is 5.66. The van der Waals surface area contributed by atoms with Crippen molar-refractivity contribution >= 4 is 6.21 Å². The van der Waals surface area contributed by atoms with E-state index in [0.29, 0.717) is 6.61 Å². The fraction of sp³-hybridized carbons (Fsp3) is 0.462. The van der Waals surface area contributed by atoms with Gasteiger partial charge in [0.25, 0.3) is 0 Å². The molecule has 2 rings (SSSR count). The van der Waals surface area contributed by atoms with E-state index in [1.807, 2.05) is 26.8 Å². The maximum Gasteiger partial charge on any atom is 0.125 e. The average Bonchev–Trinajstić information content (AvgIpc) is 3.07. The van der Waals surface area contributed by atoms with Crippen LogP contribution in [0.4, 0.5) is 0 Å². The zero-order chi connectivity index (χ0) is 12.4. The zero-order valence-electron chi connectivity index (χ0n) is 10.4. The number of nitrogens with zero attached hydrogens (tertiary/aromatic N) is 1. The Morgan fingerprint density at radius 1 is 1.47 bits per heavy atom. The molecule has 17 heavy (non-hydrogen) atoms. The van der Waals surface area contributed by atoms with E-state index in [-0.39, 0.29) is 6.10 Å². The van der Waals surface area contributed by atoms with Crippen LogP contribution in [0.3, 0.4) is 0 Å². The van der Waals surface area contributed by atoms with Crippen LogP contribution in [0.5, 0.6) is 5.75 Å². The fourth-order valence-corrected chi connectivity index (χ4v) is 2.00. The third kappa shape index (κ3) is 2.58. The molecule has 1 unspecified atom stereocenters. The summed E-state index contributed by atoms with van der Waals surface area (Å²) in [7, 11) is 0. The second-order valence-electron chi connectivity index (χ2n) is 4.39. The summed E-state index contributed by atoms with van der Waals surface area (Å²) in [5.41, 5.74) is 4.08. The van der Waals surface area contributed by atoms with E-state index in [0.717, 1.165) is 34.6 Å². The van der Waals surface area contributed by atoms with Crippen LogP contribution in [0.1, 0.15) is 22.3 Å². The summed E-state index contributed by atoms with van der Waals surface area (Å²) in [6.45, 7) is 7.35. The minimum absolute atomic E-state index is 0.241. The molecule has 4 nitrogen and oxygen atoms in total. The number of ether oxygens (including phenoxy) is 2. The van der Waals surface area contributed by atoms with Gasteiger partial charge in [-0.15, -0.1) is 0 Å². The number of hydrogen-bond acceptors (Lipinski definition) is 4. The SMILES string of the molecule is Cc1cc(C)c(OCC2CO2)c(C)c1C=NO. The lowest BCUT2D eigenvalue weighted by atomic mass is 9.99. The summed E-state index contributed by atoms with van der Waals surface area (Å²) in [5, 5.41) is 11.8. The largest absolute Gasteiger partial charge is 0.490 e. The number of hydrogen-bond donors (Lipinski definition) is 1. The lowest BCUT2D eigenvalue weighted by molar-refractivity contribution is 0.260. The van der Waals surface area contributed by atoms with Gasteiger partial charge < -0.3 is 14.7 Å². The van der Waals surface area contributed by atoms with Crippen LogP contribution in [0.25, 0.3) is 0 Å². The maximum absolute atomic E-state index is 8.67. The topological polar surface area (TPSA) is 54.3 Å². The molecule has 0 aliphatic carbocycles. The number of aryl methyl sites for hydroxylation is 2. The van der Waals surface area contributed by atoms with Gasteiger partial charge >= 0.3 is 0 Å². The highest BCUT2D eigenvalue weighted by atomic mass is 16.6. The maximum atomic E-state index is 8.67. The first-order valence-corrected chi connectivity index (χ1v) is 5.66. The van der Waals surface area contributed by atoms with E-state index in [1.165, 1.54) is 6.21 Å². The van der Waals surface area contributed by atoms with Gasteiger partial charge in [0, 0.05) is 11.1 Å². The molecule has 0 spiro atoms. The van der Waals surface area contributed by atoms with Gasteiger partial charge in [-0.3, -0.25) is 0 Å². The van der Waals surface area contributed by atoms with Crippen LogP contribution in [-0.4, -0.2) is 30.7 Å². The third-order valence-corrected chi connectivity index (χ3v) is 2.96. The molecule has 1 N–H and O–H groups in total. The van der Waals surface area contributed by atoms with Crippen molar-refractivity contribution in [3.8, 4) is 5.75 Å². The molecule has 0 saturated carbocycles. The molecule has 1 aliphatic heterocycles. The minimum atomic E-state index is 0.241. The predicted octanol–water partition coefficient (Wildman–Crippen LogP) is 2.20. The van der Waals surface area contributed by atoms with E-state index in [1.54, 1.807) is 0 Å². The van der Waals surface area contributed by atoms with Gasteiger partial charge in [0.15, 0.2) is 0 Å². The van der Waals surface area contributed by atoms with Gasteiger partial charge in [-0.2, -0.15) is 0 Å². The molecule has 4 heteroatoms. The summed E-state index contributed by atoms with van der Waals surface area (Å²) < 4.78 is 10.9. The highest BCUT2D eigenvalue weighted by Crippen LogP contribution is 2.29. The van der Waals surface area contributed by atoms with Crippen molar-refractivity contribution in [1.82, 2.24) is 0 Å². The molecule has 0 aromatic heterocycles. The molecule has 1 atom stereocenters. The third-order valence-electron chi connectivity index (χ3n) is 2.96. The average molecular weight is 235 g/mol. The van der Waals surface area contributed by atoms with Crippen LogP contribution in [0.2, 0.25) is 0 Å². The molecule has 92 valence electrons. The Kier molecular flexibility index (Phi) is 3.33. The Morgan fingerprint density at radius 3 is 2.76 bits per heavy atom. The molecule has 0 amide bonds. The van der Waals surface area contributed by atoms with Gasteiger partial charge in [-0.1, -0.05) is 11.2 Å². The predicted molar refractivity (Wildman–Crippen MR) is 65.3 cm³/mol. The molecule has 1 aliphatic rings. The van der Waals surface area contributed by atoms with Crippen LogP contribution < -0.4 is 4.74 Å². The molecule has 1 fully saturated rings. The van der Waals surface area contributed by atoms with Crippen molar-refractivity contribution in [3.05, 3.63) is 28.3 Å². The van der Waals surface area contributed by atoms with Gasteiger partial charge in [0.2, 0.25) is 0 Å². The monoisotopic (exact) mass is 235 g/mol. The molecule has 0 radical (unpaired) electrons. The van der Waals surface area contributed by atoms with Gasteiger partial charge in [-0.05, 0) is 31.9 Å². The summed E-state index contributed by atoms with van der Waals surface area (Å²) in [6.07, 6.45) is 1.69.